The zero-order valence-electron chi connectivity index (χ0n) is 17.2. The molecule has 0 aliphatic rings. The Kier molecular flexibility index (Phi) is 5.75. The third-order valence-electron chi connectivity index (χ3n) is 4.92. The summed E-state index contributed by atoms with van der Waals surface area (Å²) in [7, 11) is 1.72. The fraction of sp³-hybridized carbons (Fsp3) is 0.167. The molecule has 0 aliphatic carbocycles. The maximum absolute atomic E-state index is 12.8. The van der Waals surface area contributed by atoms with Gasteiger partial charge < -0.3 is 14.2 Å². The topological polar surface area (TPSA) is 85.5 Å². The summed E-state index contributed by atoms with van der Waals surface area (Å²) in [6.07, 6.45) is 3.54. The first-order chi connectivity index (χ1) is 15.0. The Morgan fingerprint density at radius 3 is 2.77 bits per heavy atom. The van der Waals surface area contributed by atoms with Crippen LogP contribution in [0.2, 0.25) is 0 Å². The van der Waals surface area contributed by atoms with Gasteiger partial charge in [0.05, 0.1) is 0 Å². The maximum Gasteiger partial charge on any atom is 0.276 e. The van der Waals surface area contributed by atoms with Gasteiger partial charge in [-0.15, -0.1) is 0 Å². The standard InChI is InChI=1S/C24H21N3O4/c1-16(28)17-5-4-8-20(11-17)30-15-21-12-23(26-31-21)24(29)27(2)14-19-7-3-6-18-13-25-10-9-22(18)19/h3-13H,14-15H2,1-2H3. The zero-order valence-corrected chi connectivity index (χ0v) is 17.2. The van der Waals surface area contributed by atoms with E-state index in [0.29, 0.717) is 23.6 Å². The van der Waals surface area contributed by atoms with E-state index in [1.807, 2.05) is 24.3 Å². The Balaban J connectivity index is 1.41. The Bertz CT molecular complexity index is 1240. The summed E-state index contributed by atoms with van der Waals surface area (Å²) in [5.74, 6) is 0.670. The molecule has 0 bridgehead atoms. The van der Waals surface area contributed by atoms with E-state index in [1.54, 1.807) is 54.7 Å². The summed E-state index contributed by atoms with van der Waals surface area (Å²) in [4.78, 5) is 30.0. The van der Waals surface area contributed by atoms with E-state index in [1.165, 1.54) is 6.92 Å². The molecule has 7 heteroatoms. The van der Waals surface area contributed by atoms with Crippen molar-refractivity contribution < 1.29 is 18.8 Å². The van der Waals surface area contributed by atoms with Crippen molar-refractivity contribution in [3.63, 3.8) is 0 Å². The Labute approximate surface area is 179 Å². The number of hydrogen-bond donors (Lipinski definition) is 0. The normalized spacial score (nSPS) is 10.8. The van der Waals surface area contributed by atoms with Crippen molar-refractivity contribution in [2.24, 2.45) is 0 Å². The van der Waals surface area contributed by atoms with Crippen molar-refractivity contribution in [1.82, 2.24) is 15.0 Å². The highest BCUT2D eigenvalue weighted by molar-refractivity contribution is 5.94. The predicted molar refractivity (Wildman–Crippen MR) is 115 cm³/mol. The van der Waals surface area contributed by atoms with Crippen molar-refractivity contribution in [1.29, 1.82) is 0 Å². The fourth-order valence-electron chi connectivity index (χ4n) is 3.29. The average Bonchev–Trinajstić information content (AvgIpc) is 3.26. The van der Waals surface area contributed by atoms with E-state index in [4.69, 9.17) is 9.26 Å². The minimum absolute atomic E-state index is 0.0384. The van der Waals surface area contributed by atoms with Crippen LogP contribution in [0.1, 0.15) is 39.1 Å². The molecule has 0 atom stereocenters. The molecule has 0 N–H and O–H groups in total. The maximum atomic E-state index is 12.8. The second-order valence-corrected chi connectivity index (χ2v) is 7.23. The summed E-state index contributed by atoms with van der Waals surface area (Å²) < 4.78 is 10.9. The third kappa shape index (κ3) is 4.61. The van der Waals surface area contributed by atoms with Crippen LogP contribution in [-0.2, 0) is 13.2 Å². The van der Waals surface area contributed by atoms with Gasteiger partial charge in [0.2, 0.25) is 0 Å². The van der Waals surface area contributed by atoms with Gasteiger partial charge in [0.1, 0.15) is 12.4 Å². The number of ether oxygens (including phenoxy) is 1. The van der Waals surface area contributed by atoms with E-state index >= 15 is 0 Å². The van der Waals surface area contributed by atoms with Gasteiger partial charge in [0.25, 0.3) is 5.91 Å². The second kappa shape index (κ2) is 8.79. The number of hydrogen-bond acceptors (Lipinski definition) is 6. The van der Waals surface area contributed by atoms with Gasteiger partial charge in [-0.3, -0.25) is 14.6 Å². The number of aromatic nitrogens is 2. The molecule has 0 radical (unpaired) electrons. The zero-order chi connectivity index (χ0) is 21.8. The second-order valence-electron chi connectivity index (χ2n) is 7.23. The highest BCUT2D eigenvalue weighted by atomic mass is 16.5. The molecule has 0 saturated carbocycles. The lowest BCUT2D eigenvalue weighted by Gasteiger charge is -2.17. The molecule has 7 nitrogen and oxygen atoms in total. The van der Waals surface area contributed by atoms with Crippen LogP contribution in [0.25, 0.3) is 10.8 Å². The number of rotatable bonds is 7. The van der Waals surface area contributed by atoms with Crippen molar-refractivity contribution in [3.05, 3.63) is 89.6 Å². The van der Waals surface area contributed by atoms with Crippen LogP contribution in [0.3, 0.4) is 0 Å². The van der Waals surface area contributed by atoms with Gasteiger partial charge in [-0.1, -0.05) is 35.5 Å². The molecule has 2 heterocycles. The first-order valence-electron chi connectivity index (χ1n) is 9.78. The van der Waals surface area contributed by atoms with Gasteiger partial charge in [-0.05, 0) is 36.1 Å². The van der Waals surface area contributed by atoms with Crippen LogP contribution < -0.4 is 4.74 Å². The quantitative estimate of drug-likeness (QED) is 0.419. The van der Waals surface area contributed by atoms with Crippen LogP contribution in [0.4, 0.5) is 0 Å². The molecule has 0 saturated heterocycles. The Hall–Kier alpha value is -4.00. The summed E-state index contributed by atoms with van der Waals surface area (Å²) in [5, 5.41) is 5.97. The van der Waals surface area contributed by atoms with Gasteiger partial charge in [-0.25, -0.2) is 0 Å². The molecule has 0 spiro atoms. The molecule has 31 heavy (non-hydrogen) atoms. The van der Waals surface area contributed by atoms with Crippen LogP contribution >= 0.6 is 0 Å². The molecule has 0 unspecified atom stereocenters. The Morgan fingerprint density at radius 2 is 1.94 bits per heavy atom. The first-order valence-corrected chi connectivity index (χ1v) is 9.78. The number of fused-ring (bicyclic) bond motifs is 1. The highest BCUT2D eigenvalue weighted by Gasteiger charge is 2.18. The molecule has 4 rings (SSSR count). The fourth-order valence-corrected chi connectivity index (χ4v) is 3.29. The number of amides is 1. The van der Waals surface area contributed by atoms with Gasteiger partial charge in [0, 0.05) is 43.0 Å². The van der Waals surface area contributed by atoms with Gasteiger partial charge >= 0.3 is 0 Å². The Morgan fingerprint density at radius 1 is 1.10 bits per heavy atom. The van der Waals surface area contributed by atoms with E-state index in [-0.39, 0.29) is 24.0 Å². The molecule has 2 aromatic carbocycles. The number of nitrogens with zero attached hydrogens (tertiary/aromatic N) is 3. The summed E-state index contributed by atoms with van der Waals surface area (Å²) in [6.45, 7) is 2.03. The number of benzene rings is 2. The van der Waals surface area contributed by atoms with Crippen molar-refractivity contribution in [2.75, 3.05) is 7.05 Å². The largest absolute Gasteiger partial charge is 0.486 e. The molecule has 1 amide bonds. The van der Waals surface area contributed by atoms with Crippen LogP contribution in [0.15, 0.2) is 71.5 Å². The molecule has 0 aliphatic heterocycles. The smallest absolute Gasteiger partial charge is 0.276 e. The summed E-state index contributed by atoms with van der Waals surface area (Å²) >= 11 is 0. The lowest BCUT2D eigenvalue weighted by Crippen LogP contribution is -2.26. The first kappa shape index (κ1) is 20.3. The van der Waals surface area contributed by atoms with Gasteiger partial charge in [0.15, 0.2) is 17.2 Å². The number of carbonyl (C=O) groups excluding carboxylic acids is 2. The van der Waals surface area contributed by atoms with E-state index in [9.17, 15) is 9.59 Å². The highest BCUT2D eigenvalue weighted by Crippen LogP contribution is 2.20. The minimum atomic E-state index is -0.250. The number of ketones is 1. The molecular weight excluding hydrogens is 394 g/mol. The predicted octanol–water partition coefficient (Wildman–Crippen LogP) is 4.28. The molecule has 2 aromatic heterocycles. The third-order valence-corrected chi connectivity index (χ3v) is 4.92. The molecular formula is C24H21N3O4. The number of pyridine rings is 1. The summed E-state index contributed by atoms with van der Waals surface area (Å²) in [5.41, 5.74) is 1.80. The summed E-state index contributed by atoms with van der Waals surface area (Å²) in [6, 6.07) is 16.3. The lowest BCUT2D eigenvalue weighted by molar-refractivity contribution is 0.0775. The van der Waals surface area contributed by atoms with Crippen molar-refractivity contribution >= 4 is 22.5 Å². The van der Waals surface area contributed by atoms with Gasteiger partial charge in [-0.2, -0.15) is 0 Å². The molecule has 156 valence electrons. The molecule has 4 aromatic rings. The van der Waals surface area contributed by atoms with E-state index in [2.05, 4.69) is 10.1 Å². The molecule has 0 fully saturated rings. The SMILES string of the molecule is CC(=O)c1cccc(OCc2cc(C(=O)N(C)Cc3cccc4cnccc34)no2)c1. The van der Waals surface area contributed by atoms with Crippen LogP contribution in [-0.4, -0.2) is 33.8 Å². The van der Waals surface area contributed by atoms with E-state index in [0.717, 1.165) is 16.3 Å². The van der Waals surface area contributed by atoms with Crippen LogP contribution in [0, 0.1) is 0 Å². The lowest BCUT2D eigenvalue weighted by atomic mass is 10.1. The number of carbonyl (C=O) groups is 2. The number of Topliss-reactive ketones (excluding diaryl/α,β-unsaturated/α-hetero) is 1. The van der Waals surface area contributed by atoms with Crippen molar-refractivity contribution in [3.8, 4) is 5.75 Å². The average molecular weight is 415 g/mol. The van der Waals surface area contributed by atoms with E-state index < -0.39 is 0 Å². The minimum Gasteiger partial charge on any atom is -0.486 e. The van der Waals surface area contributed by atoms with Crippen LogP contribution in [0.5, 0.6) is 5.75 Å². The van der Waals surface area contributed by atoms with Crippen molar-refractivity contribution in [2.45, 2.75) is 20.1 Å². The monoisotopic (exact) mass is 415 g/mol.